The Morgan fingerprint density at radius 2 is 1.86 bits per heavy atom. The average Bonchev–Trinajstić information content (AvgIpc) is 2.39. The van der Waals surface area contributed by atoms with Crippen molar-refractivity contribution < 1.29 is 9.53 Å². The number of rotatable bonds is 8. The highest BCUT2D eigenvalue weighted by Gasteiger charge is 2.32. The number of amides is 1. The summed E-state index contributed by atoms with van der Waals surface area (Å²) in [5, 5.41) is 3.14. The number of primary amides is 1. The Morgan fingerprint density at radius 3 is 2.29 bits per heavy atom. The molecule has 1 aromatic carbocycles. The number of nitrogens with two attached hydrogens (primary N) is 1. The second-order valence-electron chi connectivity index (χ2n) is 6.08. The van der Waals surface area contributed by atoms with E-state index in [1.165, 1.54) is 5.56 Å². The second-order valence-corrected chi connectivity index (χ2v) is 6.08. The Kier molecular flexibility index (Phi) is 6.21. The van der Waals surface area contributed by atoms with Gasteiger partial charge in [0.2, 0.25) is 5.91 Å². The van der Waals surface area contributed by atoms with Gasteiger partial charge in [0.1, 0.15) is 5.75 Å². The zero-order chi connectivity index (χ0) is 16.0. The Labute approximate surface area is 128 Å². The van der Waals surface area contributed by atoms with Gasteiger partial charge in [-0.05, 0) is 44.0 Å². The Balaban J connectivity index is 2.67. The van der Waals surface area contributed by atoms with Crippen LogP contribution in [0.25, 0.3) is 0 Å². The van der Waals surface area contributed by atoms with Crippen LogP contribution >= 0.6 is 0 Å². The molecule has 0 fully saturated rings. The van der Waals surface area contributed by atoms with Crippen LogP contribution in [0.4, 0.5) is 0 Å². The zero-order valence-electron chi connectivity index (χ0n) is 13.8. The van der Waals surface area contributed by atoms with Gasteiger partial charge in [0.15, 0.2) is 0 Å². The molecule has 0 radical (unpaired) electrons. The van der Waals surface area contributed by atoms with Crippen LogP contribution in [0.15, 0.2) is 24.3 Å². The summed E-state index contributed by atoms with van der Waals surface area (Å²) in [5.41, 5.74) is 6.03. The van der Waals surface area contributed by atoms with Gasteiger partial charge in [-0.15, -0.1) is 0 Å². The van der Waals surface area contributed by atoms with E-state index < -0.39 is 5.54 Å². The highest BCUT2D eigenvalue weighted by Crippen LogP contribution is 2.21. The average molecular weight is 292 g/mol. The molecule has 4 nitrogen and oxygen atoms in total. The fourth-order valence-electron chi connectivity index (χ4n) is 2.43. The Bertz CT molecular complexity index is 456. The maximum Gasteiger partial charge on any atom is 0.237 e. The summed E-state index contributed by atoms with van der Waals surface area (Å²) in [6.45, 7) is 10.7. The first-order chi connectivity index (χ1) is 9.78. The van der Waals surface area contributed by atoms with Gasteiger partial charge in [0, 0.05) is 6.42 Å². The summed E-state index contributed by atoms with van der Waals surface area (Å²) in [5.74, 6) is 0.966. The number of carbonyl (C=O) groups is 1. The van der Waals surface area contributed by atoms with Crippen LogP contribution < -0.4 is 15.8 Å². The summed E-state index contributed by atoms with van der Waals surface area (Å²) in [6.07, 6.45) is 0.425. The quantitative estimate of drug-likeness (QED) is 0.774. The lowest BCUT2D eigenvalue weighted by Crippen LogP contribution is -2.55. The molecule has 1 aromatic rings. The molecule has 0 aliphatic heterocycles. The summed E-state index contributed by atoms with van der Waals surface area (Å²) < 4.78 is 5.89. The summed E-state index contributed by atoms with van der Waals surface area (Å²) >= 11 is 0. The molecule has 0 bridgehead atoms. The fourth-order valence-corrected chi connectivity index (χ4v) is 2.43. The van der Waals surface area contributed by atoms with E-state index in [1.807, 2.05) is 32.9 Å². The van der Waals surface area contributed by atoms with E-state index in [0.29, 0.717) is 18.9 Å². The first-order valence-electron chi connectivity index (χ1n) is 7.60. The van der Waals surface area contributed by atoms with E-state index in [1.54, 1.807) is 0 Å². The number of hydrogen-bond donors (Lipinski definition) is 2. The lowest BCUT2D eigenvalue weighted by molar-refractivity contribution is -0.124. The van der Waals surface area contributed by atoms with Crippen molar-refractivity contribution in [2.24, 2.45) is 5.73 Å². The molecule has 0 saturated heterocycles. The van der Waals surface area contributed by atoms with Crippen molar-refractivity contribution >= 4 is 5.91 Å². The number of nitrogens with one attached hydrogen (secondary N) is 1. The summed E-state index contributed by atoms with van der Waals surface area (Å²) in [7, 11) is 0. The van der Waals surface area contributed by atoms with Crippen LogP contribution in [-0.2, 0) is 4.79 Å². The standard InChI is InChI=1S/C17H28N2O2/c1-6-19-17(5,16(18)20)11-13(4)21-15-9-7-14(8-10-15)12(2)3/h7-10,12-13,19H,6,11H2,1-5H3,(H2,18,20). The summed E-state index contributed by atoms with van der Waals surface area (Å²) in [6, 6.07) is 8.09. The van der Waals surface area contributed by atoms with E-state index in [0.717, 1.165) is 5.75 Å². The fraction of sp³-hybridized carbons (Fsp3) is 0.588. The molecular weight excluding hydrogens is 264 g/mol. The molecule has 0 saturated carbocycles. The van der Waals surface area contributed by atoms with Crippen molar-refractivity contribution in [3.63, 3.8) is 0 Å². The third kappa shape index (κ3) is 5.05. The van der Waals surface area contributed by atoms with E-state index in [9.17, 15) is 4.79 Å². The number of hydrogen-bond acceptors (Lipinski definition) is 3. The maximum absolute atomic E-state index is 11.6. The van der Waals surface area contributed by atoms with E-state index in [2.05, 4.69) is 31.3 Å². The van der Waals surface area contributed by atoms with Crippen LogP contribution in [0.3, 0.4) is 0 Å². The topological polar surface area (TPSA) is 64.3 Å². The van der Waals surface area contributed by atoms with Crippen LogP contribution in [-0.4, -0.2) is 24.1 Å². The van der Waals surface area contributed by atoms with Gasteiger partial charge in [-0.3, -0.25) is 4.79 Å². The largest absolute Gasteiger partial charge is 0.491 e. The third-order valence-corrected chi connectivity index (χ3v) is 3.69. The molecule has 0 aromatic heterocycles. The van der Waals surface area contributed by atoms with E-state index in [-0.39, 0.29) is 12.0 Å². The molecule has 0 spiro atoms. The van der Waals surface area contributed by atoms with Gasteiger partial charge in [0.25, 0.3) is 0 Å². The van der Waals surface area contributed by atoms with Gasteiger partial charge >= 0.3 is 0 Å². The maximum atomic E-state index is 11.6. The molecule has 0 heterocycles. The van der Waals surface area contributed by atoms with E-state index in [4.69, 9.17) is 10.5 Å². The molecular formula is C17H28N2O2. The molecule has 2 unspecified atom stereocenters. The van der Waals surface area contributed by atoms with Crippen molar-refractivity contribution in [3.05, 3.63) is 29.8 Å². The van der Waals surface area contributed by atoms with Gasteiger partial charge in [-0.2, -0.15) is 0 Å². The number of carbonyl (C=O) groups excluding carboxylic acids is 1. The lowest BCUT2D eigenvalue weighted by Gasteiger charge is -2.30. The molecule has 118 valence electrons. The molecule has 0 aliphatic carbocycles. The third-order valence-electron chi connectivity index (χ3n) is 3.69. The van der Waals surface area contributed by atoms with E-state index >= 15 is 0 Å². The van der Waals surface area contributed by atoms with Crippen LogP contribution in [0.2, 0.25) is 0 Å². The molecule has 2 atom stereocenters. The minimum Gasteiger partial charge on any atom is -0.491 e. The number of benzene rings is 1. The Morgan fingerprint density at radius 1 is 1.29 bits per heavy atom. The molecule has 3 N–H and O–H groups in total. The zero-order valence-corrected chi connectivity index (χ0v) is 13.8. The Hall–Kier alpha value is -1.55. The highest BCUT2D eigenvalue weighted by atomic mass is 16.5. The van der Waals surface area contributed by atoms with Crippen molar-refractivity contribution in [1.29, 1.82) is 0 Å². The number of likely N-dealkylation sites (N-methyl/N-ethyl adjacent to an activating group) is 1. The monoisotopic (exact) mass is 292 g/mol. The van der Waals surface area contributed by atoms with Crippen LogP contribution in [0.1, 0.15) is 52.5 Å². The van der Waals surface area contributed by atoms with Crippen LogP contribution in [0, 0.1) is 0 Å². The molecule has 1 rings (SSSR count). The highest BCUT2D eigenvalue weighted by molar-refractivity contribution is 5.84. The van der Waals surface area contributed by atoms with Crippen molar-refractivity contribution in [2.75, 3.05) is 6.54 Å². The van der Waals surface area contributed by atoms with Crippen molar-refractivity contribution in [3.8, 4) is 5.75 Å². The molecule has 21 heavy (non-hydrogen) atoms. The first-order valence-corrected chi connectivity index (χ1v) is 7.60. The smallest absolute Gasteiger partial charge is 0.237 e. The van der Waals surface area contributed by atoms with Gasteiger partial charge < -0.3 is 15.8 Å². The van der Waals surface area contributed by atoms with Crippen molar-refractivity contribution in [1.82, 2.24) is 5.32 Å². The second kappa shape index (κ2) is 7.46. The van der Waals surface area contributed by atoms with Gasteiger partial charge in [0.05, 0.1) is 11.6 Å². The SMILES string of the molecule is CCNC(C)(CC(C)Oc1ccc(C(C)C)cc1)C(N)=O. The minimum atomic E-state index is -0.744. The van der Waals surface area contributed by atoms with Gasteiger partial charge in [-0.1, -0.05) is 32.9 Å². The molecule has 0 aliphatic rings. The lowest BCUT2D eigenvalue weighted by atomic mass is 9.94. The van der Waals surface area contributed by atoms with Crippen molar-refractivity contribution in [2.45, 2.75) is 58.6 Å². The first kappa shape index (κ1) is 17.5. The molecule has 1 amide bonds. The predicted octanol–water partition coefficient (Wildman–Crippen LogP) is 2.82. The molecule has 4 heteroatoms. The predicted molar refractivity (Wildman–Crippen MR) is 86.5 cm³/mol. The summed E-state index contributed by atoms with van der Waals surface area (Å²) in [4.78, 5) is 11.6. The normalized spacial score (nSPS) is 15.5. The van der Waals surface area contributed by atoms with Gasteiger partial charge in [-0.25, -0.2) is 0 Å². The minimum absolute atomic E-state index is 0.105. The van der Waals surface area contributed by atoms with Crippen LogP contribution in [0.5, 0.6) is 5.75 Å². The number of ether oxygens (including phenoxy) is 1.